The van der Waals surface area contributed by atoms with Crippen molar-refractivity contribution in [3.8, 4) is 12.1 Å². The van der Waals surface area contributed by atoms with Gasteiger partial charge in [-0.15, -0.1) is 3.63 Å². The molecule has 0 saturated heterocycles. The fourth-order valence-corrected chi connectivity index (χ4v) is 6.21. The van der Waals surface area contributed by atoms with Crippen molar-refractivity contribution in [1.29, 1.82) is 10.5 Å². The van der Waals surface area contributed by atoms with Crippen LogP contribution < -0.4 is 11.5 Å². The highest BCUT2D eigenvalue weighted by atomic mass is 32.3. The molecule has 2 rings (SSSR count). The molecule has 4 N–H and O–H groups in total. The van der Waals surface area contributed by atoms with Crippen molar-refractivity contribution in [1.82, 2.24) is 0 Å². The molecule has 0 spiro atoms. The van der Waals surface area contributed by atoms with Gasteiger partial charge in [0.15, 0.2) is 0 Å². The minimum Gasteiger partial charge on any atom is -0.312 e. The van der Waals surface area contributed by atoms with E-state index < -0.39 is 43.3 Å². The van der Waals surface area contributed by atoms with Gasteiger partial charge in [-0.2, -0.15) is 27.4 Å². The van der Waals surface area contributed by atoms with E-state index in [4.69, 9.17) is 16.7 Å². The Balaban J connectivity index is 2.53. The first-order chi connectivity index (χ1) is 14.4. The van der Waals surface area contributed by atoms with Gasteiger partial charge in [-0.3, -0.25) is 0 Å². The number of rotatable bonds is 9. The first-order valence-corrected chi connectivity index (χ1v) is 12.3. The Morgan fingerprint density at radius 1 is 0.935 bits per heavy atom. The van der Waals surface area contributed by atoms with Crippen LogP contribution in [0.25, 0.3) is 0 Å². The van der Waals surface area contributed by atoms with Gasteiger partial charge in [0.2, 0.25) is 0 Å². The van der Waals surface area contributed by atoms with Gasteiger partial charge < -0.3 is 11.5 Å². The molecule has 0 aliphatic rings. The van der Waals surface area contributed by atoms with Gasteiger partial charge in [0.05, 0.1) is 34.7 Å². The van der Waals surface area contributed by atoms with E-state index in [2.05, 4.69) is 3.63 Å². The number of nitriles is 2. The molecule has 0 saturated carbocycles. The molecule has 11 heteroatoms. The average molecular weight is 463 g/mol. The van der Waals surface area contributed by atoms with Crippen molar-refractivity contribution < 1.29 is 20.5 Å². The smallest absolute Gasteiger partial charge is 0.285 e. The highest BCUT2D eigenvalue weighted by molar-refractivity contribution is 7.99. The maximum absolute atomic E-state index is 12.5. The quantitative estimate of drug-likeness (QED) is 0.519. The highest BCUT2D eigenvalue weighted by Gasteiger charge is 2.40. The van der Waals surface area contributed by atoms with Crippen molar-refractivity contribution in [2.24, 2.45) is 11.5 Å². The number of benzene rings is 2. The number of nitrogens with zero attached hydrogens (tertiary/aromatic N) is 2. The lowest BCUT2D eigenvalue weighted by molar-refractivity contribution is 0.405. The van der Waals surface area contributed by atoms with Crippen LogP contribution >= 0.6 is 0 Å². The summed E-state index contributed by atoms with van der Waals surface area (Å²) >= 11 is 0. The van der Waals surface area contributed by atoms with E-state index in [-0.39, 0.29) is 6.42 Å². The zero-order valence-corrected chi connectivity index (χ0v) is 18.4. The molecule has 0 heterocycles. The van der Waals surface area contributed by atoms with Crippen LogP contribution in [0.15, 0.2) is 48.5 Å². The summed E-state index contributed by atoms with van der Waals surface area (Å²) in [4.78, 5) is 0. The van der Waals surface area contributed by atoms with E-state index in [1.165, 1.54) is 18.2 Å². The van der Waals surface area contributed by atoms with E-state index in [1.807, 2.05) is 12.1 Å². The van der Waals surface area contributed by atoms with Gasteiger partial charge in [-0.25, -0.2) is 0 Å². The van der Waals surface area contributed by atoms with Crippen LogP contribution in [-0.4, -0.2) is 34.0 Å². The molecule has 0 radical (unpaired) electrons. The number of hydrogen-bond acceptors (Lipinski definition) is 9. The zero-order valence-electron chi connectivity index (χ0n) is 16.7. The molecule has 0 bridgehead atoms. The van der Waals surface area contributed by atoms with Gasteiger partial charge in [0.1, 0.15) is 5.75 Å². The van der Waals surface area contributed by atoms with E-state index >= 15 is 0 Å². The fourth-order valence-electron chi connectivity index (χ4n) is 3.21. The van der Waals surface area contributed by atoms with Crippen molar-refractivity contribution in [2.45, 2.75) is 24.9 Å². The minimum absolute atomic E-state index is 0.170. The summed E-state index contributed by atoms with van der Waals surface area (Å²) in [6.45, 7) is 1.56. The van der Waals surface area contributed by atoms with Gasteiger partial charge in [-0.05, 0) is 41.8 Å². The average Bonchev–Trinajstić information content (AvgIpc) is 2.66. The molecular weight excluding hydrogens is 440 g/mol. The predicted octanol–water partition coefficient (Wildman–Crippen LogP) is 1.26. The lowest BCUT2D eigenvalue weighted by Gasteiger charge is -2.34. The molecule has 164 valence electrons. The van der Waals surface area contributed by atoms with Crippen molar-refractivity contribution in [2.75, 3.05) is 11.5 Å². The van der Waals surface area contributed by atoms with E-state index in [9.17, 15) is 22.1 Å². The molecular formula is C20H22N4O5S2. The zero-order chi connectivity index (χ0) is 23.3. The van der Waals surface area contributed by atoms with Crippen molar-refractivity contribution in [3.05, 3.63) is 70.8 Å². The first kappa shape index (κ1) is 24.5. The molecule has 2 aromatic rings. The van der Waals surface area contributed by atoms with Crippen molar-refractivity contribution in [3.63, 3.8) is 0 Å². The Bertz CT molecular complexity index is 1230. The second-order valence-corrected chi connectivity index (χ2v) is 10.5. The summed E-state index contributed by atoms with van der Waals surface area (Å²) in [5, 5.41) is 18.2. The lowest BCUT2D eigenvalue weighted by Crippen LogP contribution is -2.59. The monoisotopic (exact) mass is 462 g/mol. The molecule has 0 unspecified atom stereocenters. The summed E-state index contributed by atoms with van der Waals surface area (Å²) in [6, 6.07) is 16.4. The number of hydrogen-bond donors (Lipinski definition) is 2. The molecule has 2 aromatic carbocycles. The van der Waals surface area contributed by atoms with Crippen LogP contribution in [0, 0.1) is 22.7 Å². The molecule has 0 fully saturated rings. The van der Waals surface area contributed by atoms with Crippen LogP contribution in [0.5, 0.6) is 0 Å². The SMILES string of the molecule is CCCS(=O)(=O)OS(=O)(=O)CC(N)(N)[C@@H](c1ccc(C#N)cc1)c1cccc(C#N)c1. The summed E-state index contributed by atoms with van der Waals surface area (Å²) in [5.74, 6) is -2.44. The van der Waals surface area contributed by atoms with Crippen LogP contribution in [0.4, 0.5) is 0 Å². The Morgan fingerprint density at radius 3 is 2.10 bits per heavy atom. The predicted molar refractivity (Wildman–Crippen MR) is 114 cm³/mol. The third-order valence-corrected chi connectivity index (χ3v) is 7.77. The first-order valence-electron chi connectivity index (χ1n) is 9.17. The maximum Gasteiger partial charge on any atom is 0.285 e. The Labute approximate surface area is 182 Å². The molecule has 0 aliphatic heterocycles. The Hall–Kier alpha value is -2.80. The molecule has 9 nitrogen and oxygen atoms in total. The van der Waals surface area contributed by atoms with Gasteiger partial charge in [0, 0.05) is 5.92 Å². The van der Waals surface area contributed by atoms with Crippen LogP contribution in [-0.2, 0) is 23.9 Å². The van der Waals surface area contributed by atoms with E-state index in [1.54, 1.807) is 37.3 Å². The van der Waals surface area contributed by atoms with E-state index in [0.717, 1.165) is 0 Å². The molecule has 0 amide bonds. The van der Waals surface area contributed by atoms with Crippen LogP contribution in [0.1, 0.15) is 41.5 Å². The van der Waals surface area contributed by atoms with Gasteiger partial charge >= 0.3 is 0 Å². The highest BCUT2D eigenvalue weighted by Crippen LogP contribution is 2.33. The third kappa shape index (κ3) is 6.59. The second-order valence-electron chi connectivity index (χ2n) is 7.05. The summed E-state index contributed by atoms with van der Waals surface area (Å²) in [5.41, 5.74) is 12.1. The van der Waals surface area contributed by atoms with E-state index in [0.29, 0.717) is 22.3 Å². The summed E-state index contributed by atoms with van der Waals surface area (Å²) in [7, 11) is -8.98. The van der Waals surface area contributed by atoms with Crippen molar-refractivity contribution >= 4 is 20.2 Å². The topological polar surface area (TPSA) is 177 Å². The normalized spacial score (nSPS) is 13.2. The third-order valence-electron chi connectivity index (χ3n) is 4.35. The molecule has 0 aromatic heterocycles. The molecule has 31 heavy (non-hydrogen) atoms. The fraction of sp³-hybridized carbons (Fsp3) is 0.300. The molecule has 0 aliphatic carbocycles. The maximum atomic E-state index is 12.5. The number of nitrogens with two attached hydrogens (primary N) is 2. The van der Waals surface area contributed by atoms with Gasteiger partial charge in [0.25, 0.3) is 20.2 Å². The largest absolute Gasteiger partial charge is 0.312 e. The Morgan fingerprint density at radius 2 is 1.55 bits per heavy atom. The minimum atomic E-state index is -4.66. The van der Waals surface area contributed by atoms with Crippen LogP contribution in [0.2, 0.25) is 0 Å². The van der Waals surface area contributed by atoms with Crippen LogP contribution in [0.3, 0.4) is 0 Å². The molecule has 1 atom stereocenters. The second kappa shape index (κ2) is 9.56. The Kier molecular flexibility index (Phi) is 7.54. The summed E-state index contributed by atoms with van der Waals surface area (Å²) < 4.78 is 53.0. The lowest BCUT2D eigenvalue weighted by atomic mass is 9.81. The standard InChI is InChI=1S/C20H22N4O5S2/c1-2-10-30(25,26)29-31(27,28)14-20(23,24)19(17-8-6-15(12-21)7-9-17)18-5-3-4-16(11-18)13-22/h3-9,11,19H,2,10,14,23-24H2,1H3/t19-/m0/s1. The summed E-state index contributed by atoms with van der Waals surface area (Å²) in [6.07, 6.45) is 0.170. The van der Waals surface area contributed by atoms with Gasteiger partial charge in [-0.1, -0.05) is 31.2 Å².